The van der Waals surface area contributed by atoms with Gasteiger partial charge in [0.1, 0.15) is 17.4 Å². The molecule has 0 aliphatic heterocycles. The number of anilines is 2. The van der Waals surface area contributed by atoms with Gasteiger partial charge in [0.15, 0.2) is 6.61 Å². The number of benzene rings is 3. The molecule has 8 heteroatoms. The van der Waals surface area contributed by atoms with Crippen LogP contribution < -0.4 is 15.4 Å². The number of ether oxygens (including phenoxy) is 1. The number of nitrogens with one attached hydrogen (secondary N) is 2. The predicted octanol–water partition coefficient (Wildman–Crippen LogP) is 5.97. The van der Waals surface area contributed by atoms with Crippen molar-refractivity contribution < 1.29 is 14.3 Å². The summed E-state index contributed by atoms with van der Waals surface area (Å²) in [5, 5.41) is 15.5. The van der Waals surface area contributed by atoms with Gasteiger partial charge in [0, 0.05) is 26.4 Å². The zero-order chi connectivity index (χ0) is 23.8. The highest BCUT2D eigenvalue weighted by atomic mass is 79.9. The van der Waals surface area contributed by atoms with E-state index in [1.807, 2.05) is 25.1 Å². The van der Waals surface area contributed by atoms with Gasteiger partial charge in [-0.3, -0.25) is 9.59 Å². The largest absolute Gasteiger partial charge is 0.483 e. The van der Waals surface area contributed by atoms with Crippen molar-refractivity contribution in [1.29, 1.82) is 5.26 Å². The Morgan fingerprint density at radius 2 is 1.67 bits per heavy atom. The van der Waals surface area contributed by atoms with E-state index in [4.69, 9.17) is 16.3 Å². The Labute approximate surface area is 205 Å². The molecule has 33 heavy (non-hydrogen) atoms. The van der Waals surface area contributed by atoms with Crippen LogP contribution in [0.3, 0.4) is 0 Å². The molecular weight excluding hydrogens is 506 g/mol. The van der Waals surface area contributed by atoms with Crippen molar-refractivity contribution >= 4 is 56.8 Å². The molecule has 2 N–H and O–H groups in total. The highest BCUT2D eigenvalue weighted by Crippen LogP contribution is 2.26. The Kier molecular flexibility index (Phi) is 8.25. The Hall–Kier alpha value is -3.60. The van der Waals surface area contributed by atoms with Gasteiger partial charge >= 0.3 is 0 Å². The van der Waals surface area contributed by atoms with Crippen LogP contribution in [0.25, 0.3) is 6.08 Å². The Balaban J connectivity index is 1.73. The predicted molar refractivity (Wildman–Crippen MR) is 133 cm³/mol. The van der Waals surface area contributed by atoms with Crippen LogP contribution in [0.4, 0.5) is 11.4 Å². The first-order valence-corrected chi connectivity index (χ1v) is 11.0. The van der Waals surface area contributed by atoms with E-state index < -0.39 is 5.91 Å². The van der Waals surface area contributed by atoms with Gasteiger partial charge in [-0.15, -0.1) is 0 Å². The molecule has 3 aromatic rings. The Morgan fingerprint density at radius 3 is 2.33 bits per heavy atom. The zero-order valence-electron chi connectivity index (χ0n) is 17.6. The fourth-order valence-corrected chi connectivity index (χ4v) is 3.28. The van der Waals surface area contributed by atoms with E-state index >= 15 is 0 Å². The smallest absolute Gasteiger partial charge is 0.266 e. The van der Waals surface area contributed by atoms with E-state index in [1.165, 1.54) is 6.08 Å². The molecule has 0 aliphatic carbocycles. The Morgan fingerprint density at radius 1 is 1.03 bits per heavy atom. The van der Waals surface area contributed by atoms with Gasteiger partial charge in [-0.2, -0.15) is 5.26 Å². The highest BCUT2D eigenvalue weighted by Gasteiger charge is 2.13. The van der Waals surface area contributed by atoms with Crippen LogP contribution in [0.5, 0.6) is 5.75 Å². The van der Waals surface area contributed by atoms with Crippen LogP contribution in [-0.2, 0) is 9.59 Å². The molecule has 0 unspecified atom stereocenters. The monoisotopic (exact) mass is 523 g/mol. The standard InChI is InChI=1S/C25H19BrClN3O3/c1-16-2-7-21(8-3-16)29-24(31)15-33-23-11-4-19(26)13-17(23)12-18(14-28)25(32)30-22-9-5-20(27)6-10-22/h2-13H,15H2,1H3,(H,29,31)(H,30,32)/b18-12+. The average molecular weight is 525 g/mol. The van der Waals surface area contributed by atoms with Crippen LogP contribution in [0.1, 0.15) is 11.1 Å². The molecule has 2 amide bonds. The summed E-state index contributed by atoms with van der Waals surface area (Å²) in [4.78, 5) is 24.8. The topological polar surface area (TPSA) is 91.2 Å². The number of nitrogens with zero attached hydrogens (tertiary/aromatic N) is 1. The number of hydrogen-bond acceptors (Lipinski definition) is 4. The first kappa shape index (κ1) is 24.1. The van der Waals surface area contributed by atoms with Crippen molar-refractivity contribution in [3.05, 3.63) is 92.9 Å². The number of hydrogen-bond donors (Lipinski definition) is 2. The molecule has 0 saturated heterocycles. The fourth-order valence-electron chi connectivity index (χ4n) is 2.78. The van der Waals surface area contributed by atoms with E-state index in [9.17, 15) is 14.9 Å². The summed E-state index contributed by atoms with van der Waals surface area (Å²) in [6, 6.07) is 20.9. The van der Waals surface area contributed by atoms with E-state index in [0.29, 0.717) is 27.7 Å². The van der Waals surface area contributed by atoms with Crippen LogP contribution in [0.2, 0.25) is 5.02 Å². The van der Waals surface area contributed by atoms with Crippen molar-refractivity contribution in [2.75, 3.05) is 17.2 Å². The van der Waals surface area contributed by atoms with Gasteiger partial charge in [-0.1, -0.05) is 45.2 Å². The van der Waals surface area contributed by atoms with Crippen molar-refractivity contribution in [2.24, 2.45) is 0 Å². The molecule has 0 saturated carbocycles. The average Bonchev–Trinajstić information content (AvgIpc) is 2.79. The molecule has 3 aromatic carbocycles. The third kappa shape index (κ3) is 7.21. The van der Waals surface area contributed by atoms with Gasteiger partial charge in [0.05, 0.1) is 0 Å². The molecule has 0 aliphatic rings. The van der Waals surface area contributed by atoms with Gasteiger partial charge in [0.25, 0.3) is 11.8 Å². The van der Waals surface area contributed by atoms with Crippen molar-refractivity contribution in [2.45, 2.75) is 6.92 Å². The van der Waals surface area contributed by atoms with E-state index in [1.54, 1.807) is 54.6 Å². The number of amides is 2. The van der Waals surface area contributed by atoms with Crippen molar-refractivity contribution in [1.82, 2.24) is 0 Å². The number of rotatable bonds is 7. The summed E-state index contributed by atoms with van der Waals surface area (Å²) in [6.07, 6.45) is 1.41. The lowest BCUT2D eigenvalue weighted by atomic mass is 10.1. The second-order valence-electron chi connectivity index (χ2n) is 7.02. The number of halogens is 2. The minimum absolute atomic E-state index is 0.128. The summed E-state index contributed by atoms with van der Waals surface area (Å²) in [7, 11) is 0. The zero-order valence-corrected chi connectivity index (χ0v) is 19.9. The summed E-state index contributed by atoms with van der Waals surface area (Å²) in [6.45, 7) is 1.72. The van der Waals surface area contributed by atoms with Crippen molar-refractivity contribution in [3.8, 4) is 11.8 Å². The summed E-state index contributed by atoms with van der Waals surface area (Å²) in [5.41, 5.74) is 2.59. The van der Waals surface area contributed by atoms with Crippen LogP contribution in [0.15, 0.2) is 76.8 Å². The fraction of sp³-hybridized carbons (Fsp3) is 0.0800. The first-order valence-electron chi connectivity index (χ1n) is 9.81. The maximum atomic E-state index is 12.6. The number of aryl methyl sites for hydroxylation is 1. The molecule has 3 rings (SSSR count). The summed E-state index contributed by atoms with van der Waals surface area (Å²) in [5.74, 6) is -0.565. The van der Waals surface area contributed by atoms with E-state index in [-0.39, 0.29) is 18.1 Å². The Bertz CT molecular complexity index is 1230. The summed E-state index contributed by atoms with van der Waals surface area (Å²) >= 11 is 9.23. The van der Waals surface area contributed by atoms with Gasteiger partial charge < -0.3 is 15.4 Å². The molecule has 0 spiro atoms. The molecule has 0 fully saturated rings. The lowest BCUT2D eigenvalue weighted by Gasteiger charge is -2.11. The third-order valence-electron chi connectivity index (χ3n) is 4.43. The van der Waals surface area contributed by atoms with Gasteiger partial charge in [-0.05, 0) is 67.6 Å². The molecule has 0 radical (unpaired) electrons. The van der Waals surface area contributed by atoms with Crippen LogP contribution >= 0.6 is 27.5 Å². The minimum Gasteiger partial charge on any atom is -0.483 e. The third-order valence-corrected chi connectivity index (χ3v) is 5.18. The maximum absolute atomic E-state index is 12.6. The highest BCUT2D eigenvalue weighted by molar-refractivity contribution is 9.10. The second-order valence-corrected chi connectivity index (χ2v) is 8.37. The number of carbonyl (C=O) groups is 2. The minimum atomic E-state index is -0.581. The molecule has 0 bridgehead atoms. The SMILES string of the molecule is Cc1ccc(NC(=O)COc2ccc(Br)cc2/C=C(\C#N)C(=O)Nc2ccc(Cl)cc2)cc1. The normalized spacial score (nSPS) is 10.8. The molecule has 0 heterocycles. The molecule has 166 valence electrons. The lowest BCUT2D eigenvalue weighted by Crippen LogP contribution is -2.20. The molecule has 0 aromatic heterocycles. The van der Waals surface area contributed by atoms with Crippen molar-refractivity contribution in [3.63, 3.8) is 0 Å². The van der Waals surface area contributed by atoms with Crippen LogP contribution in [-0.4, -0.2) is 18.4 Å². The number of nitriles is 1. The lowest BCUT2D eigenvalue weighted by molar-refractivity contribution is -0.118. The summed E-state index contributed by atoms with van der Waals surface area (Å²) < 4.78 is 6.40. The van der Waals surface area contributed by atoms with E-state index in [0.717, 1.165) is 10.0 Å². The van der Waals surface area contributed by atoms with Gasteiger partial charge in [0.2, 0.25) is 0 Å². The van der Waals surface area contributed by atoms with Gasteiger partial charge in [-0.25, -0.2) is 0 Å². The molecule has 0 atom stereocenters. The molecule has 6 nitrogen and oxygen atoms in total. The first-order chi connectivity index (χ1) is 15.8. The van der Waals surface area contributed by atoms with Crippen LogP contribution in [0, 0.1) is 18.3 Å². The maximum Gasteiger partial charge on any atom is 0.266 e. The molecular formula is C25H19BrClN3O3. The second kappa shape index (κ2) is 11.3. The quantitative estimate of drug-likeness (QED) is 0.294. The van der Waals surface area contributed by atoms with E-state index in [2.05, 4.69) is 26.6 Å². The number of carbonyl (C=O) groups excluding carboxylic acids is 2.